The van der Waals surface area contributed by atoms with Gasteiger partial charge >= 0.3 is 0 Å². The van der Waals surface area contributed by atoms with Crippen LogP contribution in [0.2, 0.25) is 0 Å². The zero-order valence-electron chi connectivity index (χ0n) is 14.9. The van der Waals surface area contributed by atoms with Crippen LogP contribution in [-0.4, -0.2) is 15.8 Å². The van der Waals surface area contributed by atoms with Crippen LogP contribution in [0.15, 0.2) is 24.3 Å². The molecule has 1 aromatic heterocycles. The predicted octanol–water partition coefficient (Wildman–Crippen LogP) is 3.16. The first-order valence-electron chi connectivity index (χ1n) is 9.24. The first-order valence-corrected chi connectivity index (χ1v) is 9.24. The number of rotatable bonds is 5. The minimum absolute atomic E-state index is 0. The third-order valence-corrected chi connectivity index (χ3v) is 5.60. The van der Waals surface area contributed by atoms with Gasteiger partial charge in [0, 0.05) is 12.0 Å². The molecule has 2 atom stereocenters. The van der Waals surface area contributed by atoms with Crippen LogP contribution in [-0.2, 0) is 19.4 Å². The van der Waals surface area contributed by atoms with Crippen molar-refractivity contribution in [3.8, 4) is 6.07 Å². The standard InChI is InChI=1S/C20H25N5.ClH/c21-11-18-19(16-8-7-14-3-1-2-4-15(14)10-16)24-25(20(18)23)12-17(22)9-13-5-6-13;/h1-4,13,16-17H,5-10,12,22-23H2;1H. The van der Waals surface area contributed by atoms with Crippen LogP contribution in [0.5, 0.6) is 0 Å². The Morgan fingerprint density at radius 1 is 1.23 bits per heavy atom. The molecule has 4 rings (SSSR count). The van der Waals surface area contributed by atoms with Crippen molar-refractivity contribution in [1.82, 2.24) is 9.78 Å². The predicted molar refractivity (Wildman–Crippen MR) is 105 cm³/mol. The molecule has 1 saturated carbocycles. The summed E-state index contributed by atoms with van der Waals surface area (Å²) in [5.74, 6) is 1.51. The van der Waals surface area contributed by atoms with E-state index in [0.29, 0.717) is 17.9 Å². The zero-order chi connectivity index (χ0) is 17.4. The fourth-order valence-electron chi connectivity index (χ4n) is 4.04. The molecular weight excluding hydrogens is 346 g/mol. The molecule has 4 N–H and O–H groups in total. The molecule has 1 heterocycles. The first-order chi connectivity index (χ1) is 12.2. The Bertz CT molecular complexity index is 818. The monoisotopic (exact) mass is 371 g/mol. The van der Waals surface area contributed by atoms with Crippen molar-refractivity contribution in [3.05, 3.63) is 46.6 Å². The Kier molecular flexibility index (Phi) is 5.55. The number of halogens is 1. The van der Waals surface area contributed by atoms with E-state index in [1.807, 2.05) is 0 Å². The van der Waals surface area contributed by atoms with Gasteiger partial charge in [0.1, 0.15) is 17.5 Å². The highest BCUT2D eigenvalue weighted by molar-refractivity contribution is 5.85. The van der Waals surface area contributed by atoms with Gasteiger partial charge in [-0.3, -0.25) is 0 Å². The smallest absolute Gasteiger partial charge is 0.140 e. The van der Waals surface area contributed by atoms with Gasteiger partial charge in [-0.05, 0) is 42.7 Å². The number of nitriles is 1. The van der Waals surface area contributed by atoms with E-state index in [1.165, 1.54) is 24.0 Å². The highest BCUT2D eigenvalue weighted by Crippen LogP contribution is 2.36. The third-order valence-electron chi connectivity index (χ3n) is 5.60. The lowest BCUT2D eigenvalue weighted by Gasteiger charge is -2.23. The Morgan fingerprint density at radius 2 is 1.96 bits per heavy atom. The summed E-state index contributed by atoms with van der Waals surface area (Å²) < 4.78 is 1.77. The van der Waals surface area contributed by atoms with Crippen LogP contribution in [0.3, 0.4) is 0 Å². The molecule has 0 saturated heterocycles. The van der Waals surface area contributed by atoms with Crippen LogP contribution in [0.25, 0.3) is 0 Å². The van der Waals surface area contributed by atoms with Crippen molar-refractivity contribution in [3.63, 3.8) is 0 Å². The summed E-state index contributed by atoms with van der Waals surface area (Å²) in [5.41, 5.74) is 16.7. The SMILES string of the molecule is Cl.N#Cc1c(C2CCc3ccccc3C2)nn(CC(N)CC2CC2)c1N. The van der Waals surface area contributed by atoms with E-state index in [-0.39, 0.29) is 24.4 Å². The number of nitrogen functional groups attached to an aromatic ring is 1. The molecule has 138 valence electrons. The van der Waals surface area contributed by atoms with Crippen molar-refractivity contribution in [1.29, 1.82) is 5.26 Å². The summed E-state index contributed by atoms with van der Waals surface area (Å²) in [5, 5.41) is 14.3. The summed E-state index contributed by atoms with van der Waals surface area (Å²) in [6.07, 6.45) is 6.57. The second-order valence-corrected chi connectivity index (χ2v) is 7.59. The van der Waals surface area contributed by atoms with Crippen LogP contribution in [0.4, 0.5) is 5.82 Å². The Balaban J connectivity index is 0.00000196. The minimum Gasteiger partial charge on any atom is -0.383 e. The fourth-order valence-corrected chi connectivity index (χ4v) is 4.04. The van der Waals surface area contributed by atoms with Crippen molar-refractivity contribution in [2.45, 2.75) is 57.0 Å². The highest BCUT2D eigenvalue weighted by atomic mass is 35.5. The molecule has 2 unspecified atom stereocenters. The third kappa shape index (κ3) is 3.72. The number of nitrogens with zero attached hydrogens (tertiary/aromatic N) is 3. The molecule has 1 aromatic carbocycles. The maximum atomic E-state index is 9.61. The molecule has 1 fully saturated rings. The van der Waals surface area contributed by atoms with Crippen LogP contribution >= 0.6 is 12.4 Å². The van der Waals surface area contributed by atoms with Gasteiger partial charge < -0.3 is 11.5 Å². The summed E-state index contributed by atoms with van der Waals surface area (Å²) in [6.45, 7) is 0.598. The molecule has 0 amide bonds. The maximum Gasteiger partial charge on any atom is 0.140 e. The fraction of sp³-hybridized carbons (Fsp3) is 0.500. The molecule has 0 bridgehead atoms. The Hall–Kier alpha value is -2.03. The molecule has 6 heteroatoms. The molecular formula is C20H26ClN5. The van der Waals surface area contributed by atoms with Crippen molar-refractivity contribution in [2.75, 3.05) is 5.73 Å². The van der Waals surface area contributed by atoms with Crippen LogP contribution in [0, 0.1) is 17.2 Å². The number of fused-ring (bicyclic) bond motifs is 1. The minimum atomic E-state index is 0. The molecule has 0 radical (unpaired) electrons. The first kappa shape index (κ1) is 18.8. The quantitative estimate of drug-likeness (QED) is 0.844. The van der Waals surface area contributed by atoms with E-state index in [9.17, 15) is 5.26 Å². The number of nitrogens with two attached hydrogens (primary N) is 2. The Morgan fingerprint density at radius 3 is 2.65 bits per heavy atom. The molecule has 0 aliphatic heterocycles. The van der Waals surface area contributed by atoms with Crippen molar-refractivity contribution < 1.29 is 0 Å². The second kappa shape index (κ2) is 7.69. The van der Waals surface area contributed by atoms with E-state index in [4.69, 9.17) is 16.6 Å². The van der Waals surface area contributed by atoms with Gasteiger partial charge in [-0.15, -0.1) is 12.4 Å². The summed E-state index contributed by atoms with van der Waals surface area (Å²) in [4.78, 5) is 0. The van der Waals surface area contributed by atoms with Gasteiger partial charge in [0.2, 0.25) is 0 Å². The molecule has 0 spiro atoms. The lowest BCUT2D eigenvalue weighted by atomic mass is 9.81. The molecule has 2 aliphatic rings. The number of hydrogen-bond donors (Lipinski definition) is 2. The molecule has 2 aromatic rings. The number of hydrogen-bond acceptors (Lipinski definition) is 4. The van der Waals surface area contributed by atoms with Crippen LogP contribution in [0.1, 0.15) is 54.0 Å². The lowest BCUT2D eigenvalue weighted by Crippen LogP contribution is -2.28. The van der Waals surface area contributed by atoms with Crippen molar-refractivity contribution in [2.24, 2.45) is 11.7 Å². The number of aryl methyl sites for hydroxylation is 1. The summed E-state index contributed by atoms with van der Waals surface area (Å²) >= 11 is 0. The highest BCUT2D eigenvalue weighted by Gasteiger charge is 2.28. The number of aromatic nitrogens is 2. The van der Waals surface area contributed by atoms with E-state index >= 15 is 0 Å². The Labute approximate surface area is 160 Å². The summed E-state index contributed by atoms with van der Waals surface area (Å²) in [7, 11) is 0. The number of benzene rings is 1. The molecule has 5 nitrogen and oxygen atoms in total. The average molecular weight is 372 g/mol. The maximum absolute atomic E-state index is 9.61. The average Bonchev–Trinajstić information content (AvgIpc) is 3.38. The lowest BCUT2D eigenvalue weighted by molar-refractivity contribution is 0.461. The van der Waals surface area contributed by atoms with Gasteiger partial charge in [-0.2, -0.15) is 10.4 Å². The zero-order valence-corrected chi connectivity index (χ0v) is 15.7. The van der Waals surface area contributed by atoms with E-state index < -0.39 is 0 Å². The largest absolute Gasteiger partial charge is 0.383 e. The molecule has 26 heavy (non-hydrogen) atoms. The second-order valence-electron chi connectivity index (χ2n) is 7.59. The normalized spacial score (nSPS) is 19.9. The summed E-state index contributed by atoms with van der Waals surface area (Å²) in [6, 6.07) is 10.9. The van der Waals surface area contributed by atoms with Crippen molar-refractivity contribution >= 4 is 18.2 Å². The van der Waals surface area contributed by atoms with E-state index in [0.717, 1.165) is 37.3 Å². The van der Waals surface area contributed by atoms with E-state index in [2.05, 4.69) is 30.3 Å². The molecule has 2 aliphatic carbocycles. The van der Waals surface area contributed by atoms with Gasteiger partial charge in [-0.25, -0.2) is 4.68 Å². The van der Waals surface area contributed by atoms with Gasteiger partial charge in [0.15, 0.2) is 0 Å². The van der Waals surface area contributed by atoms with Gasteiger partial charge in [0.05, 0.1) is 12.2 Å². The van der Waals surface area contributed by atoms with Gasteiger partial charge in [-0.1, -0.05) is 37.1 Å². The number of anilines is 1. The van der Waals surface area contributed by atoms with Gasteiger partial charge in [0.25, 0.3) is 0 Å². The topological polar surface area (TPSA) is 93.6 Å². The van der Waals surface area contributed by atoms with E-state index in [1.54, 1.807) is 4.68 Å². The van der Waals surface area contributed by atoms with Crippen LogP contribution < -0.4 is 11.5 Å².